The van der Waals surface area contributed by atoms with Gasteiger partial charge in [0.1, 0.15) is 0 Å². The number of nitro groups is 1. The van der Waals surface area contributed by atoms with Crippen molar-refractivity contribution in [3.05, 3.63) is 51.6 Å². The lowest BCUT2D eigenvalue weighted by Crippen LogP contribution is -2.39. The lowest BCUT2D eigenvalue weighted by atomic mass is 9.94. The molecule has 100 valence electrons. The second-order valence-electron chi connectivity index (χ2n) is 4.24. The first-order valence-corrected chi connectivity index (χ1v) is 5.68. The molecule has 20 heavy (non-hydrogen) atoms. The number of carbonyl (C=O) groups excluding carboxylic acids is 2. The van der Waals surface area contributed by atoms with E-state index in [1.165, 1.54) is 13.2 Å². The van der Waals surface area contributed by atoms with Gasteiger partial charge in [0.25, 0.3) is 17.5 Å². The second-order valence-corrected chi connectivity index (χ2v) is 4.24. The van der Waals surface area contributed by atoms with Gasteiger partial charge in [-0.3, -0.25) is 24.5 Å². The van der Waals surface area contributed by atoms with Crippen molar-refractivity contribution in [3.63, 3.8) is 0 Å². The van der Waals surface area contributed by atoms with E-state index >= 15 is 0 Å². The van der Waals surface area contributed by atoms with Crippen molar-refractivity contribution >= 4 is 28.3 Å². The Balaban J connectivity index is 2.43. The van der Waals surface area contributed by atoms with E-state index < -0.39 is 16.7 Å². The zero-order valence-electron chi connectivity index (χ0n) is 10.3. The van der Waals surface area contributed by atoms with E-state index in [0.717, 1.165) is 6.07 Å². The fourth-order valence-electron chi connectivity index (χ4n) is 2.34. The Labute approximate surface area is 112 Å². The summed E-state index contributed by atoms with van der Waals surface area (Å²) in [5, 5.41) is 12.4. The summed E-state index contributed by atoms with van der Waals surface area (Å²) in [6.45, 7) is 0. The number of imide groups is 1. The molecular weight excluding hydrogens is 264 g/mol. The first-order valence-electron chi connectivity index (χ1n) is 5.68. The van der Waals surface area contributed by atoms with Crippen LogP contribution < -0.4 is 0 Å². The number of amides is 2. The van der Waals surface area contributed by atoms with E-state index in [0.29, 0.717) is 15.8 Å². The molecule has 7 nitrogen and oxygen atoms in total. The van der Waals surface area contributed by atoms with Crippen LogP contribution in [0.5, 0.6) is 0 Å². The molecule has 2 aromatic rings. The molecule has 7 heteroatoms. The molecule has 0 saturated heterocycles. The van der Waals surface area contributed by atoms with Crippen LogP contribution in [0.25, 0.3) is 10.8 Å². The molecule has 1 heterocycles. The Morgan fingerprint density at radius 3 is 2.50 bits per heavy atom. The standard InChI is InChI=1S/C13H8N2O5/c1-20-14-12(16)9-4-2-3-7-5-8(15(18)19)6-10(11(7)9)13(14)17/h2-6H,1H3. The highest BCUT2D eigenvalue weighted by atomic mass is 16.7. The lowest BCUT2D eigenvalue weighted by molar-refractivity contribution is -0.384. The molecule has 0 N–H and O–H groups in total. The van der Waals surface area contributed by atoms with Crippen molar-refractivity contribution in [3.8, 4) is 0 Å². The van der Waals surface area contributed by atoms with Gasteiger partial charge in [-0.1, -0.05) is 12.1 Å². The normalized spacial score (nSPS) is 13.9. The molecule has 0 aliphatic carbocycles. The van der Waals surface area contributed by atoms with Crippen molar-refractivity contribution in [2.45, 2.75) is 0 Å². The van der Waals surface area contributed by atoms with Gasteiger partial charge in [0.15, 0.2) is 0 Å². The molecule has 1 aliphatic rings. The maximum atomic E-state index is 12.2. The van der Waals surface area contributed by atoms with Crippen LogP contribution in [0.1, 0.15) is 20.7 Å². The number of nitrogens with zero attached hydrogens (tertiary/aromatic N) is 2. The monoisotopic (exact) mass is 272 g/mol. The van der Waals surface area contributed by atoms with E-state index in [1.807, 2.05) is 0 Å². The summed E-state index contributed by atoms with van der Waals surface area (Å²) in [5.74, 6) is -1.28. The van der Waals surface area contributed by atoms with Crippen LogP contribution in [0.2, 0.25) is 0 Å². The smallest absolute Gasteiger partial charge is 0.266 e. The number of rotatable bonds is 2. The van der Waals surface area contributed by atoms with Crippen LogP contribution in [-0.2, 0) is 4.84 Å². The largest absolute Gasteiger partial charge is 0.285 e. The van der Waals surface area contributed by atoms with E-state index in [-0.39, 0.29) is 16.8 Å². The highest BCUT2D eigenvalue weighted by Crippen LogP contribution is 2.33. The maximum absolute atomic E-state index is 12.2. The quantitative estimate of drug-likeness (QED) is 0.473. The van der Waals surface area contributed by atoms with Crippen molar-refractivity contribution in [2.24, 2.45) is 0 Å². The number of hydrogen-bond acceptors (Lipinski definition) is 5. The molecule has 0 fully saturated rings. The SMILES string of the molecule is CON1C(=O)c2cccc3cc([N+](=O)[O-])cc(c23)C1=O. The van der Waals surface area contributed by atoms with Crippen LogP contribution in [0, 0.1) is 10.1 Å². The Bertz CT molecular complexity index is 784. The van der Waals surface area contributed by atoms with Gasteiger partial charge >= 0.3 is 0 Å². The first kappa shape index (κ1) is 12.2. The fourth-order valence-corrected chi connectivity index (χ4v) is 2.34. The van der Waals surface area contributed by atoms with Crippen molar-refractivity contribution in [2.75, 3.05) is 7.11 Å². The van der Waals surface area contributed by atoms with Crippen molar-refractivity contribution < 1.29 is 19.3 Å². The average molecular weight is 272 g/mol. The van der Waals surface area contributed by atoms with Gasteiger partial charge in [0.05, 0.1) is 23.2 Å². The van der Waals surface area contributed by atoms with E-state index in [1.54, 1.807) is 18.2 Å². The highest BCUT2D eigenvalue weighted by Gasteiger charge is 2.34. The Kier molecular flexibility index (Phi) is 2.51. The summed E-state index contributed by atoms with van der Waals surface area (Å²) in [4.78, 5) is 39.4. The zero-order chi connectivity index (χ0) is 14.4. The van der Waals surface area contributed by atoms with Gasteiger partial charge in [-0.25, -0.2) is 0 Å². The predicted molar refractivity (Wildman–Crippen MR) is 68.1 cm³/mol. The maximum Gasteiger partial charge on any atom is 0.285 e. The number of hydroxylamine groups is 2. The molecule has 0 saturated carbocycles. The average Bonchev–Trinajstić information content (AvgIpc) is 2.44. The molecule has 2 amide bonds. The molecule has 3 rings (SSSR count). The van der Waals surface area contributed by atoms with Gasteiger partial charge in [0, 0.05) is 17.5 Å². The minimum atomic E-state index is -0.704. The van der Waals surface area contributed by atoms with Crippen LogP contribution in [0.4, 0.5) is 5.69 Å². The number of benzene rings is 2. The third kappa shape index (κ3) is 1.50. The number of non-ortho nitro benzene ring substituents is 1. The fraction of sp³-hybridized carbons (Fsp3) is 0.0769. The van der Waals surface area contributed by atoms with Crippen LogP contribution in [-0.4, -0.2) is 28.9 Å². The van der Waals surface area contributed by atoms with Gasteiger partial charge < -0.3 is 0 Å². The minimum Gasteiger partial charge on any atom is -0.266 e. The molecular formula is C13H8N2O5. The topological polar surface area (TPSA) is 89.8 Å². The van der Waals surface area contributed by atoms with Crippen LogP contribution in [0.15, 0.2) is 30.3 Å². The highest BCUT2D eigenvalue weighted by molar-refractivity contribution is 6.25. The molecule has 0 unspecified atom stereocenters. The van der Waals surface area contributed by atoms with E-state index in [4.69, 9.17) is 4.84 Å². The van der Waals surface area contributed by atoms with Crippen LogP contribution >= 0.6 is 0 Å². The summed E-state index contributed by atoms with van der Waals surface area (Å²) >= 11 is 0. The van der Waals surface area contributed by atoms with E-state index in [9.17, 15) is 19.7 Å². The van der Waals surface area contributed by atoms with Crippen molar-refractivity contribution in [1.82, 2.24) is 5.06 Å². The summed E-state index contributed by atoms with van der Waals surface area (Å²) in [7, 11) is 1.19. The van der Waals surface area contributed by atoms with Gasteiger partial charge in [-0.15, -0.1) is 5.06 Å². The van der Waals surface area contributed by atoms with Crippen LogP contribution in [0.3, 0.4) is 0 Å². The van der Waals surface area contributed by atoms with Gasteiger partial charge in [0.2, 0.25) is 0 Å². The Morgan fingerprint density at radius 2 is 1.85 bits per heavy atom. The molecule has 2 aromatic carbocycles. The van der Waals surface area contributed by atoms with Gasteiger partial charge in [-0.2, -0.15) is 0 Å². The van der Waals surface area contributed by atoms with Crippen molar-refractivity contribution in [1.29, 1.82) is 0 Å². The summed E-state index contributed by atoms with van der Waals surface area (Å²) in [5.41, 5.74) is 0.170. The number of carbonyl (C=O) groups is 2. The first-order chi connectivity index (χ1) is 9.54. The number of hydrogen-bond donors (Lipinski definition) is 0. The molecule has 0 spiro atoms. The molecule has 0 bridgehead atoms. The zero-order valence-corrected chi connectivity index (χ0v) is 10.3. The Hall–Kier alpha value is -2.80. The molecule has 0 radical (unpaired) electrons. The summed E-state index contributed by atoms with van der Waals surface area (Å²) < 4.78 is 0. The Morgan fingerprint density at radius 1 is 1.15 bits per heavy atom. The predicted octanol–water partition coefficient (Wildman–Crippen LogP) is 1.91. The summed E-state index contributed by atoms with van der Waals surface area (Å²) in [6.07, 6.45) is 0. The van der Waals surface area contributed by atoms with E-state index in [2.05, 4.69) is 0 Å². The number of nitro benzene ring substituents is 1. The summed E-state index contributed by atoms with van der Waals surface area (Å²) in [6, 6.07) is 7.28. The third-order valence-electron chi connectivity index (χ3n) is 3.18. The minimum absolute atomic E-state index is 0.0891. The third-order valence-corrected chi connectivity index (χ3v) is 3.18. The molecule has 1 aliphatic heterocycles. The second kappa shape index (κ2) is 4.10. The van der Waals surface area contributed by atoms with Gasteiger partial charge in [-0.05, 0) is 11.5 Å². The molecule has 0 atom stereocenters. The lowest BCUT2D eigenvalue weighted by Gasteiger charge is -2.24. The molecule has 0 aromatic heterocycles.